The van der Waals surface area contributed by atoms with Gasteiger partial charge < -0.3 is 19.8 Å². The van der Waals surface area contributed by atoms with Gasteiger partial charge in [-0.25, -0.2) is 0 Å². The fraction of sp³-hybridized carbons (Fsp3) is 0.938. The zero-order valence-corrected chi connectivity index (χ0v) is 30.8. The average Bonchev–Trinajstić information content (AvgIpc) is 2.92. The summed E-state index contributed by atoms with van der Waals surface area (Å²) in [4.78, 5) is 20.7. The molecule has 39 heavy (non-hydrogen) atoms. The molecule has 4 nitrogen and oxygen atoms in total. The summed E-state index contributed by atoms with van der Waals surface area (Å²) in [6, 6.07) is 0. The molecule has 7 heteroatoms. The summed E-state index contributed by atoms with van der Waals surface area (Å²) in [5.74, 6) is -2.08. The Morgan fingerprint density at radius 1 is 0.487 bits per heavy atom. The molecule has 0 radical (unpaired) electrons. The standard InChI is InChI=1S/2C12H24O2S.2C4H9.Sn/c2*1-2-3-4-5-6-7-8-9-10-11(15)12(13)14;2*1-3-4-2;/h2*11,15H,2-10H2,1H3,(H,13,14);2*1,3-4H2,2H3;/q;;;;+2/p-2. The topological polar surface area (TPSA) is 80.3 Å². The van der Waals surface area contributed by atoms with E-state index in [4.69, 9.17) is 0 Å². The molecule has 0 aliphatic rings. The van der Waals surface area contributed by atoms with Crippen molar-refractivity contribution in [2.75, 3.05) is 0 Å². The molecule has 0 aromatic rings. The van der Waals surface area contributed by atoms with Gasteiger partial charge in [-0.3, -0.25) is 0 Å². The number of carboxylic acids is 2. The summed E-state index contributed by atoms with van der Waals surface area (Å²) in [5.41, 5.74) is 0. The third-order valence-electron chi connectivity index (χ3n) is 6.62. The summed E-state index contributed by atoms with van der Waals surface area (Å²) >= 11 is 8.02. The Bertz CT molecular complexity index is 453. The Hall–Kier alpha value is 0.439. The van der Waals surface area contributed by atoms with Crippen molar-refractivity contribution in [3.8, 4) is 0 Å². The second-order valence-corrected chi connectivity index (χ2v) is 16.2. The van der Waals surface area contributed by atoms with Crippen molar-refractivity contribution in [2.24, 2.45) is 0 Å². The molecule has 0 aromatic carbocycles. The number of rotatable bonds is 26. The second-order valence-electron chi connectivity index (χ2n) is 10.7. The average molecular weight is 696 g/mol. The van der Waals surface area contributed by atoms with E-state index in [0.717, 1.165) is 25.7 Å². The van der Waals surface area contributed by atoms with Crippen LogP contribution in [0.4, 0.5) is 0 Å². The Labute approximate surface area is 265 Å². The zero-order chi connectivity index (χ0) is 30.0. The normalized spacial score (nSPS) is 11.8. The van der Waals surface area contributed by atoms with Crippen molar-refractivity contribution in [3.05, 3.63) is 0 Å². The Kier molecular flexibility index (Phi) is 43.3. The number of carboxylic acid groups (broad SMARTS) is 2. The maximum absolute atomic E-state index is 10.3. The summed E-state index contributed by atoms with van der Waals surface area (Å²) in [5, 5.41) is 19.5. The number of unbranched alkanes of at least 4 members (excludes halogenated alkanes) is 16. The van der Waals surface area contributed by atoms with Gasteiger partial charge in [0.1, 0.15) is 0 Å². The van der Waals surface area contributed by atoms with Crippen molar-refractivity contribution < 1.29 is 19.8 Å². The fourth-order valence-electron chi connectivity index (χ4n) is 3.91. The third kappa shape index (κ3) is 43.0. The molecule has 0 N–H and O–H groups in total. The van der Waals surface area contributed by atoms with Crippen LogP contribution in [0.2, 0.25) is 8.87 Å². The van der Waals surface area contributed by atoms with Crippen LogP contribution >= 0.6 is 25.3 Å². The van der Waals surface area contributed by atoms with Crippen molar-refractivity contribution in [3.63, 3.8) is 0 Å². The van der Waals surface area contributed by atoms with Gasteiger partial charge in [-0.1, -0.05) is 117 Å². The van der Waals surface area contributed by atoms with E-state index in [-0.39, 0.29) is 21.1 Å². The van der Waals surface area contributed by atoms with E-state index in [0.29, 0.717) is 12.8 Å². The van der Waals surface area contributed by atoms with Gasteiger partial charge in [-0.15, -0.1) is 0 Å². The minimum atomic E-state index is -1.04. The van der Waals surface area contributed by atoms with Gasteiger partial charge in [0.2, 0.25) is 0 Å². The second kappa shape index (κ2) is 38.4. The van der Waals surface area contributed by atoms with Crippen LogP contribution in [-0.2, 0) is 9.59 Å². The first-order valence-corrected chi connectivity index (χ1v) is 21.3. The summed E-state index contributed by atoms with van der Waals surface area (Å²) < 4.78 is 3.25. The molecule has 0 fully saturated rings. The Morgan fingerprint density at radius 2 is 0.744 bits per heavy atom. The fourth-order valence-corrected chi connectivity index (χ4v) is 8.43. The van der Waals surface area contributed by atoms with Crippen LogP contribution < -0.4 is 10.2 Å². The summed E-state index contributed by atoms with van der Waals surface area (Å²) in [7, 11) is 0. The molecule has 0 saturated heterocycles. The quantitative estimate of drug-likeness (QED) is 0.0543. The van der Waals surface area contributed by atoms with E-state index in [1.165, 1.54) is 103 Å². The van der Waals surface area contributed by atoms with E-state index in [1.54, 1.807) is 8.87 Å². The van der Waals surface area contributed by atoms with Crippen molar-refractivity contribution in [1.82, 2.24) is 0 Å². The Morgan fingerprint density at radius 3 is 1.00 bits per heavy atom. The van der Waals surface area contributed by atoms with Crippen LogP contribution in [0.25, 0.3) is 0 Å². The number of carbonyl (C=O) groups excluding carboxylic acids is 2. The molecule has 2 atom stereocenters. The van der Waals surface area contributed by atoms with Crippen molar-refractivity contribution >= 4 is 58.3 Å². The number of hydrogen-bond acceptors (Lipinski definition) is 6. The predicted molar refractivity (Wildman–Crippen MR) is 175 cm³/mol. The SMILES string of the molecule is CCCCCCCCCCC(S)C(=O)[O-].CCCCCCCCCCC(S)C(=O)[O-].CCC[CH2][Sn+2][CH2]CCC. The van der Waals surface area contributed by atoms with Gasteiger partial charge in [0.25, 0.3) is 0 Å². The summed E-state index contributed by atoms with van der Waals surface area (Å²) in [6.07, 6.45) is 26.8. The van der Waals surface area contributed by atoms with Crippen LogP contribution in [0.5, 0.6) is 0 Å². The number of hydrogen-bond donors (Lipinski definition) is 2. The van der Waals surface area contributed by atoms with Gasteiger partial charge >= 0.3 is 69.5 Å². The van der Waals surface area contributed by atoms with Crippen molar-refractivity contribution in [2.45, 2.75) is 188 Å². The van der Waals surface area contributed by atoms with Crippen LogP contribution in [0.15, 0.2) is 0 Å². The van der Waals surface area contributed by atoms with Gasteiger partial charge in [0.05, 0.1) is 11.9 Å². The molecule has 0 saturated carbocycles. The number of carbonyl (C=O) groups is 2. The predicted octanol–water partition coefficient (Wildman–Crippen LogP) is 8.26. The van der Waals surface area contributed by atoms with Crippen LogP contribution in [0.3, 0.4) is 0 Å². The molecule has 0 spiro atoms. The van der Waals surface area contributed by atoms with E-state index in [9.17, 15) is 19.8 Å². The Balaban J connectivity index is -0.000000516. The monoisotopic (exact) mass is 696 g/mol. The first-order chi connectivity index (χ1) is 18.8. The van der Waals surface area contributed by atoms with Crippen LogP contribution in [0.1, 0.15) is 169 Å². The molecular formula is C32H64O4S2Sn. The molecule has 232 valence electrons. The van der Waals surface area contributed by atoms with E-state index in [1.807, 2.05) is 0 Å². The summed E-state index contributed by atoms with van der Waals surface area (Å²) in [6.45, 7) is 9.01. The van der Waals surface area contributed by atoms with Gasteiger partial charge in [-0.05, 0) is 12.8 Å². The molecule has 0 bridgehead atoms. The first kappa shape index (κ1) is 43.9. The van der Waals surface area contributed by atoms with E-state index in [2.05, 4.69) is 53.0 Å². The molecule has 0 aromatic heterocycles. The van der Waals surface area contributed by atoms with Crippen LogP contribution in [0, 0.1) is 0 Å². The molecule has 0 amide bonds. The minimum absolute atomic E-state index is 0.149. The zero-order valence-electron chi connectivity index (χ0n) is 26.2. The first-order valence-electron chi connectivity index (χ1n) is 16.3. The van der Waals surface area contributed by atoms with Crippen molar-refractivity contribution in [1.29, 1.82) is 0 Å². The molecule has 0 aliphatic carbocycles. The van der Waals surface area contributed by atoms with Gasteiger partial charge in [-0.2, -0.15) is 25.3 Å². The van der Waals surface area contributed by atoms with Crippen LogP contribution in [-0.4, -0.2) is 43.6 Å². The molecule has 0 heterocycles. The van der Waals surface area contributed by atoms with E-state index < -0.39 is 22.4 Å². The molecule has 2 unspecified atom stereocenters. The van der Waals surface area contributed by atoms with E-state index >= 15 is 0 Å². The number of aliphatic carboxylic acids is 2. The molecule has 0 rings (SSSR count). The number of thiol groups is 2. The third-order valence-corrected chi connectivity index (χ3v) is 11.6. The molecular weight excluding hydrogens is 631 g/mol. The maximum atomic E-state index is 10.3. The molecule has 0 aliphatic heterocycles. The van der Waals surface area contributed by atoms with Gasteiger partial charge in [0.15, 0.2) is 0 Å². The van der Waals surface area contributed by atoms with Gasteiger partial charge in [0, 0.05) is 10.5 Å².